The van der Waals surface area contributed by atoms with Crippen LogP contribution in [0.25, 0.3) is 0 Å². The zero-order chi connectivity index (χ0) is 19.9. The number of aryl methyl sites for hydroxylation is 1. The number of benzene rings is 1. The van der Waals surface area contributed by atoms with Crippen LogP contribution in [0.3, 0.4) is 0 Å². The third-order valence-corrected chi connectivity index (χ3v) is 4.26. The maximum Gasteiger partial charge on any atom is 0.230 e. The second kappa shape index (κ2) is 9.54. The molecular weight excluding hydrogens is 370 g/mol. The van der Waals surface area contributed by atoms with Gasteiger partial charge in [0.05, 0.1) is 25.3 Å². The number of morpholine rings is 1. The van der Waals surface area contributed by atoms with Gasteiger partial charge in [0.1, 0.15) is 5.75 Å². The number of amidine groups is 1. The van der Waals surface area contributed by atoms with Gasteiger partial charge in [0, 0.05) is 31.4 Å². The fourth-order valence-corrected chi connectivity index (χ4v) is 2.75. The lowest BCUT2D eigenvalue weighted by Crippen LogP contribution is -2.38. The Morgan fingerprint density at radius 1 is 1.25 bits per heavy atom. The zero-order valence-electron chi connectivity index (χ0n) is 15.5. The van der Waals surface area contributed by atoms with Crippen molar-refractivity contribution in [3.8, 4) is 11.6 Å². The lowest BCUT2D eigenvalue weighted by molar-refractivity contribution is 0.0394. The predicted molar refractivity (Wildman–Crippen MR) is 99.0 cm³/mol. The molecule has 2 N–H and O–H groups in total. The van der Waals surface area contributed by atoms with Gasteiger partial charge < -0.3 is 9.47 Å². The fraction of sp³-hybridized carbons (Fsp3) is 0.368. The smallest absolute Gasteiger partial charge is 0.230 e. The van der Waals surface area contributed by atoms with Crippen molar-refractivity contribution < 1.29 is 23.5 Å². The first-order valence-corrected chi connectivity index (χ1v) is 8.92. The number of nitrogens with zero attached hydrogens (tertiary/aromatic N) is 3. The van der Waals surface area contributed by atoms with E-state index in [4.69, 9.17) is 9.47 Å². The lowest BCUT2D eigenvalue weighted by Gasteiger charge is -2.25. The van der Waals surface area contributed by atoms with E-state index in [1.165, 1.54) is 6.07 Å². The zero-order valence-corrected chi connectivity index (χ0v) is 15.5. The maximum absolute atomic E-state index is 13.5. The van der Waals surface area contributed by atoms with E-state index < -0.39 is 11.6 Å². The first kappa shape index (κ1) is 20.1. The van der Waals surface area contributed by atoms with E-state index in [0.29, 0.717) is 37.6 Å². The molecule has 0 atom stereocenters. The van der Waals surface area contributed by atoms with Crippen LogP contribution in [0, 0.1) is 18.6 Å². The molecule has 1 aliphatic rings. The molecule has 1 fully saturated rings. The minimum absolute atomic E-state index is 0.0869. The van der Waals surface area contributed by atoms with Crippen LogP contribution in [-0.4, -0.2) is 60.3 Å². The highest BCUT2D eigenvalue weighted by Gasteiger charge is 2.15. The first-order chi connectivity index (χ1) is 13.6. The van der Waals surface area contributed by atoms with E-state index in [-0.39, 0.29) is 17.5 Å². The minimum atomic E-state index is -1.02. The van der Waals surface area contributed by atoms with E-state index in [0.717, 1.165) is 25.2 Å². The Kier molecular flexibility index (Phi) is 6.85. The largest absolute Gasteiger partial charge is 0.438 e. The average molecular weight is 392 g/mol. The summed E-state index contributed by atoms with van der Waals surface area (Å²) in [6.07, 6.45) is 0. The number of ether oxygens (including phenoxy) is 2. The van der Waals surface area contributed by atoms with Crippen molar-refractivity contribution in [2.24, 2.45) is 4.99 Å². The number of hydroxylamine groups is 1. The molecule has 0 spiro atoms. The molecule has 0 radical (unpaired) electrons. The Hall–Kier alpha value is -2.62. The van der Waals surface area contributed by atoms with Crippen molar-refractivity contribution in [2.45, 2.75) is 6.92 Å². The van der Waals surface area contributed by atoms with Crippen molar-refractivity contribution in [3.05, 3.63) is 53.2 Å². The van der Waals surface area contributed by atoms with E-state index >= 15 is 0 Å². The van der Waals surface area contributed by atoms with Crippen LogP contribution in [-0.2, 0) is 4.74 Å². The van der Waals surface area contributed by atoms with Gasteiger partial charge in [0.2, 0.25) is 5.88 Å². The van der Waals surface area contributed by atoms with Crippen molar-refractivity contribution >= 4 is 5.84 Å². The van der Waals surface area contributed by atoms with Gasteiger partial charge in [-0.3, -0.25) is 20.6 Å². The van der Waals surface area contributed by atoms with Crippen molar-refractivity contribution in [1.29, 1.82) is 0 Å². The van der Waals surface area contributed by atoms with Gasteiger partial charge in [-0.05, 0) is 31.2 Å². The van der Waals surface area contributed by atoms with E-state index in [1.807, 2.05) is 0 Å². The summed E-state index contributed by atoms with van der Waals surface area (Å²) in [4.78, 5) is 10.9. The van der Waals surface area contributed by atoms with Crippen LogP contribution in [0.5, 0.6) is 11.6 Å². The molecule has 9 heteroatoms. The van der Waals surface area contributed by atoms with Crippen molar-refractivity contribution in [2.75, 3.05) is 39.4 Å². The van der Waals surface area contributed by atoms with Gasteiger partial charge in [-0.15, -0.1) is 0 Å². The fourth-order valence-electron chi connectivity index (χ4n) is 2.75. The molecule has 28 heavy (non-hydrogen) atoms. The van der Waals surface area contributed by atoms with Crippen molar-refractivity contribution in [1.82, 2.24) is 15.4 Å². The molecular formula is C19H22F2N4O3. The number of halogens is 2. The molecule has 0 bridgehead atoms. The summed E-state index contributed by atoms with van der Waals surface area (Å²) in [6, 6.07) is 6.64. The summed E-state index contributed by atoms with van der Waals surface area (Å²) in [5.74, 6) is -1.60. The minimum Gasteiger partial charge on any atom is -0.438 e. The Balaban J connectivity index is 1.78. The molecule has 3 rings (SSSR count). The molecule has 2 aromatic rings. The first-order valence-electron chi connectivity index (χ1n) is 8.92. The standard InChI is InChI=1S/C19H22F2N4O3/c1-13-2-4-15(18(24-26)22-6-7-25-8-10-27-11-9-25)19(23-13)28-14-3-5-16(20)17(21)12-14/h2-5,12,26H,6-11H2,1H3,(H,22,24). The Labute approximate surface area is 161 Å². The van der Waals surface area contributed by atoms with Crippen LogP contribution in [0.4, 0.5) is 8.78 Å². The van der Waals surface area contributed by atoms with Crippen LogP contribution in [0.1, 0.15) is 11.3 Å². The highest BCUT2D eigenvalue weighted by Crippen LogP contribution is 2.25. The van der Waals surface area contributed by atoms with Crippen LogP contribution in [0.2, 0.25) is 0 Å². The number of aliphatic imine (C=N–C) groups is 1. The van der Waals surface area contributed by atoms with Gasteiger partial charge in [-0.1, -0.05) is 0 Å². The number of rotatable bonds is 6. The summed E-state index contributed by atoms with van der Waals surface area (Å²) < 4.78 is 37.5. The summed E-state index contributed by atoms with van der Waals surface area (Å²) in [5.41, 5.74) is 3.14. The van der Waals surface area contributed by atoms with Gasteiger partial charge in [0.25, 0.3) is 0 Å². The number of nitrogens with one attached hydrogen (secondary N) is 1. The quantitative estimate of drug-likeness (QED) is 0.447. The van der Waals surface area contributed by atoms with Gasteiger partial charge in [-0.25, -0.2) is 13.8 Å². The summed E-state index contributed by atoms with van der Waals surface area (Å²) in [5, 5.41) is 9.55. The van der Waals surface area contributed by atoms with E-state index in [9.17, 15) is 14.0 Å². The molecule has 150 valence electrons. The maximum atomic E-state index is 13.5. The highest BCUT2D eigenvalue weighted by molar-refractivity contribution is 6.00. The highest BCUT2D eigenvalue weighted by atomic mass is 19.2. The third-order valence-electron chi connectivity index (χ3n) is 4.26. The lowest BCUT2D eigenvalue weighted by atomic mass is 10.2. The topological polar surface area (TPSA) is 79.2 Å². The molecule has 0 unspecified atom stereocenters. The summed E-state index contributed by atoms with van der Waals surface area (Å²) in [6.45, 7) is 6.01. The predicted octanol–water partition coefficient (Wildman–Crippen LogP) is 2.52. The van der Waals surface area contributed by atoms with Gasteiger partial charge in [-0.2, -0.15) is 0 Å². The Bertz CT molecular complexity index is 842. The Morgan fingerprint density at radius 2 is 2.04 bits per heavy atom. The molecule has 1 aliphatic heterocycles. The van der Waals surface area contributed by atoms with Crippen LogP contribution < -0.4 is 10.2 Å². The SMILES string of the molecule is Cc1ccc(C(=NCCN2CCOCC2)NO)c(Oc2ccc(F)c(F)c2)n1. The second-order valence-corrected chi connectivity index (χ2v) is 6.28. The van der Waals surface area contributed by atoms with Gasteiger partial charge >= 0.3 is 0 Å². The van der Waals surface area contributed by atoms with Crippen molar-refractivity contribution in [3.63, 3.8) is 0 Å². The molecule has 1 aromatic heterocycles. The number of aromatic nitrogens is 1. The molecule has 0 aliphatic carbocycles. The van der Waals surface area contributed by atoms with Crippen LogP contribution in [0.15, 0.2) is 35.3 Å². The second-order valence-electron chi connectivity index (χ2n) is 6.28. The van der Waals surface area contributed by atoms with Crippen LogP contribution >= 0.6 is 0 Å². The average Bonchev–Trinajstić information content (AvgIpc) is 2.70. The Morgan fingerprint density at radius 3 is 2.75 bits per heavy atom. The molecule has 0 amide bonds. The summed E-state index contributed by atoms with van der Waals surface area (Å²) >= 11 is 0. The number of pyridine rings is 1. The molecule has 1 saturated heterocycles. The normalized spacial score (nSPS) is 15.5. The third kappa shape index (κ3) is 5.22. The molecule has 2 heterocycles. The van der Waals surface area contributed by atoms with E-state index in [1.54, 1.807) is 19.1 Å². The molecule has 7 nitrogen and oxygen atoms in total. The summed E-state index contributed by atoms with van der Waals surface area (Å²) in [7, 11) is 0. The molecule has 0 saturated carbocycles. The molecule has 1 aromatic carbocycles. The monoisotopic (exact) mass is 392 g/mol. The number of hydrogen-bond donors (Lipinski definition) is 2. The number of hydrogen-bond acceptors (Lipinski definition) is 6. The van der Waals surface area contributed by atoms with Gasteiger partial charge in [0.15, 0.2) is 17.5 Å². The van der Waals surface area contributed by atoms with E-state index in [2.05, 4.69) is 20.4 Å².